The average Bonchev–Trinajstić information content (AvgIpc) is 2.96. The molecule has 1 aromatic carbocycles. The molecule has 2 saturated heterocycles. The third-order valence-electron chi connectivity index (χ3n) is 6.70. The van der Waals surface area contributed by atoms with Crippen molar-refractivity contribution >= 4 is 44.5 Å². The number of amidine groups is 1. The molecule has 0 aliphatic carbocycles. The predicted molar refractivity (Wildman–Crippen MR) is 128 cm³/mol. The SMILES string of the molecule is O=C(CN1CCN(C(=O)c2ccc3c(c2)SC2=NS(=O)(=O)CCN23)CC1)N1CCCCCC1. The molecule has 4 aliphatic heterocycles. The molecule has 0 spiro atoms. The van der Waals surface area contributed by atoms with Gasteiger partial charge in [-0.05, 0) is 42.8 Å². The Labute approximate surface area is 198 Å². The van der Waals surface area contributed by atoms with Crippen molar-refractivity contribution in [2.45, 2.75) is 30.6 Å². The first-order chi connectivity index (χ1) is 15.9. The van der Waals surface area contributed by atoms with Crippen molar-refractivity contribution in [2.75, 3.05) is 63.0 Å². The number of thioether (sulfide) groups is 1. The van der Waals surface area contributed by atoms with E-state index in [9.17, 15) is 18.0 Å². The molecule has 0 unspecified atom stereocenters. The molecule has 0 radical (unpaired) electrons. The van der Waals surface area contributed by atoms with Crippen molar-refractivity contribution in [1.29, 1.82) is 0 Å². The fourth-order valence-electron chi connectivity index (χ4n) is 4.77. The largest absolute Gasteiger partial charge is 0.342 e. The first-order valence-corrected chi connectivity index (χ1v) is 14.0. The number of amides is 2. The molecule has 4 aliphatic rings. The number of benzene rings is 1. The topological polar surface area (TPSA) is 93.6 Å². The number of hydrogen-bond donors (Lipinski definition) is 0. The molecule has 0 saturated carbocycles. The number of carbonyl (C=O) groups is 2. The summed E-state index contributed by atoms with van der Waals surface area (Å²) in [7, 11) is -3.40. The molecule has 33 heavy (non-hydrogen) atoms. The highest BCUT2D eigenvalue weighted by molar-refractivity contribution is 8.15. The minimum absolute atomic E-state index is 0.00171. The normalized spacial score (nSPS) is 22.9. The molecule has 0 N–H and O–H groups in total. The van der Waals surface area contributed by atoms with Crippen LogP contribution in [-0.4, -0.2) is 98.2 Å². The lowest BCUT2D eigenvalue weighted by molar-refractivity contribution is -0.132. The van der Waals surface area contributed by atoms with Gasteiger partial charge in [0.05, 0.1) is 18.0 Å². The molecule has 2 amide bonds. The number of nitrogens with zero attached hydrogens (tertiary/aromatic N) is 5. The van der Waals surface area contributed by atoms with E-state index in [1.165, 1.54) is 24.6 Å². The first-order valence-electron chi connectivity index (χ1n) is 11.6. The van der Waals surface area contributed by atoms with E-state index in [-0.39, 0.29) is 17.6 Å². The van der Waals surface area contributed by atoms with Crippen molar-refractivity contribution in [3.63, 3.8) is 0 Å². The molecule has 4 heterocycles. The van der Waals surface area contributed by atoms with Gasteiger partial charge >= 0.3 is 0 Å². The Morgan fingerprint density at radius 2 is 1.64 bits per heavy atom. The van der Waals surface area contributed by atoms with Gasteiger partial charge < -0.3 is 14.7 Å². The molecular weight excluding hydrogens is 462 g/mol. The van der Waals surface area contributed by atoms with Crippen LogP contribution in [0.5, 0.6) is 0 Å². The minimum atomic E-state index is -3.40. The van der Waals surface area contributed by atoms with Gasteiger partial charge in [-0.3, -0.25) is 14.5 Å². The third kappa shape index (κ3) is 4.90. The van der Waals surface area contributed by atoms with Crippen LogP contribution in [-0.2, 0) is 14.8 Å². The zero-order valence-corrected chi connectivity index (χ0v) is 20.2. The second kappa shape index (κ2) is 9.27. The second-order valence-corrected chi connectivity index (χ2v) is 11.7. The van der Waals surface area contributed by atoms with Crippen LogP contribution in [0.1, 0.15) is 36.0 Å². The van der Waals surface area contributed by atoms with E-state index in [0.717, 1.165) is 36.5 Å². The average molecular weight is 492 g/mol. The fraction of sp³-hybridized carbons (Fsp3) is 0.591. The lowest BCUT2D eigenvalue weighted by atomic mass is 10.1. The van der Waals surface area contributed by atoms with Gasteiger partial charge in [0.2, 0.25) is 5.91 Å². The summed E-state index contributed by atoms with van der Waals surface area (Å²) in [6.45, 7) is 5.10. The second-order valence-electron chi connectivity index (χ2n) is 8.96. The Kier molecular flexibility index (Phi) is 6.37. The van der Waals surface area contributed by atoms with E-state index < -0.39 is 10.0 Å². The lowest BCUT2D eigenvalue weighted by Gasteiger charge is -2.35. The summed E-state index contributed by atoms with van der Waals surface area (Å²) in [5.41, 5.74) is 1.50. The standard InChI is InChI=1S/C22H29N5O4S2/c28-20(25-7-3-1-2-4-8-25)16-24-9-11-26(12-10-24)21(29)17-5-6-18-19(15-17)32-22-23-33(30,31)14-13-27(18)22/h5-6,15H,1-4,7-14,16H2. The zero-order valence-electron chi connectivity index (χ0n) is 18.6. The van der Waals surface area contributed by atoms with Crippen molar-refractivity contribution in [3.8, 4) is 0 Å². The van der Waals surface area contributed by atoms with E-state index in [1.807, 2.05) is 32.9 Å². The molecule has 2 fully saturated rings. The summed E-state index contributed by atoms with van der Waals surface area (Å²) in [6, 6.07) is 5.53. The van der Waals surface area contributed by atoms with Gasteiger partial charge in [-0.1, -0.05) is 12.8 Å². The molecule has 5 rings (SSSR count). The Hall–Kier alpha value is -2.11. The van der Waals surface area contributed by atoms with Crippen molar-refractivity contribution < 1.29 is 18.0 Å². The van der Waals surface area contributed by atoms with Crippen molar-refractivity contribution in [2.24, 2.45) is 4.40 Å². The first kappa shape index (κ1) is 22.7. The van der Waals surface area contributed by atoms with Crippen LogP contribution in [0.15, 0.2) is 27.5 Å². The van der Waals surface area contributed by atoms with Crippen LogP contribution >= 0.6 is 11.8 Å². The maximum atomic E-state index is 13.1. The van der Waals surface area contributed by atoms with Gasteiger partial charge in [-0.25, -0.2) is 8.42 Å². The monoisotopic (exact) mass is 491 g/mol. The number of piperazine rings is 1. The summed E-state index contributed by atoms with van der Waals surface area (Å²) < 4.78 is 27.5. The Balaban J connectivity index is 1.18. The molecule has 178 valence electrons. The summed E-state index contributed by atoms with van der Waals surface area (Å²) in [5.74, 6) is 0.173. The van der Waals surface area contributed by atoms with Gasteiger partial charge in [0, 0.05) is 56.3 Å². The smallest absolute Gasteiger partial charge is 0.257 e. The summed E-state index contributed by atoms with van der Waals surface area (Å²) in [6.07, 6.45) is 4.59. The molecule has 0 atom stereocenters. The lowest BCUT2D eigenvalue weighted by Crippen LogP contribution is -2.51. The predicted octanol–water partition coefficient (Wildman–Crippen LogP) is 1.46. The zero-order chi connectivity index (χ0) is 23.0. The summed E-state index contributed by atoms with van der Waals surface area (Å²) in [5, 5.41) is 0.462. The van der Waals surface area contributed by atoms with E-state index >= 15 is 0 Å². The Bertz CT molecular complexity index is 1070. The molecule has 9 nitrogen and oxygen atoms in total. The van der Waals surface area contributed by atoms with E-state index in [0.29, 0.717) is 50.0 Å². The fourth-order valence-corrected chi connectivity index (χ4v) is 7.06. The van der Waals surface area contributed by atoms with Gasteiger partial charge in [0.25, 0.3) is 15.9 Å². The molecule has 11 heteroatoms. The number of rotatable bonds is 3. The molecule has 0 aromatic heterocycles. The highest BCUT2D eigenvalue weighted by Gasteiger charge is 2.34. The van der Waals surface area contributed by atoms with E-state index in [2.05, 4.69) is 9.30 Å². The van der Waals surface area contributed by atoms with Crippen molar-refractivity contribution in [3.05, 3.63) is 23.8 Å². The van der Waals surface area contributed by atoms with Crippen LogP contribution in [0, 0.1) is 0 Å². The van der Waals surface area contributed by atoms with Crippen molar-refractivity contribution in [1.82, 2.24) is 14.7 Å². The van der Waals surface area contributed by atoms with Crippen LogP contribution in [0.2, 0.25) is 0 Å². The van der Waals surface area contributed by atoms with Gasteiger partial charge in [0.1, 0.15) is 0 Å². The number of likely N-dealkylation sites (tertiary alicyclic amines) is 1. The van der Waals surface area contributed by atoms with Gasteiger partial charge in [-0.15, -0.1) is 4.40 Å². The third-order valence-corrected chi connectivity index (χ3v) is 9.00. The number of carbonyl (C=O) groups excluding carboxylic acids is 2. The number of anilines is 1. The van der Waals surface area contributed by atoms with E-state index in [4.69, 9.17) is 0 Å². The maximum Gasteiger partial charge on any atom is 0.257 e. The molecule has 1 aromatic rings. The van der Waals surface area contributed by atoms with Gasteiger partial charge in [0.15, 0.2) is 5.17 Å². The molecule has 0 bridgehead atoms. The summed E-state index contributed by atoms with van der Waals surface area (Å²) >= 11 is 1.30. The number of hydrogen-bond acceptors (Lipinski definition) is 7. The summed E-state index contributed by atoms with van der Waals surface area (Å²) in [4.78, 5) is 34.5. The van der Waals surface area contributed by atoms with Crippen LogP contribution in [0.4, 0.5) is 5.69 Å². The van der Waals surface area contributed by atoms with E-state index in [1.54, 1.807) is 0 Å². The maximum absolute atomic E-state index is 13.1. The molecular formula is C22H29N5O4S2. The Morgan fingerprint density at radius 1 is 0.909 bits per heavy atom. The number of fused-ring (bicyclic) bond motifs is 3. The quantitative estimate of drug-likeness (QED) is 0.632. The van der Waals surface area contributed by atoms with Gasteiger partial charge in [-0.2, -0.15) is 0 Å². The Morgan fingerprint density at radius 3 is 2.36 bits per heavy atom. The highest BCUT2D eigenvalue weighted by atomic mass is 32.2. The van der Waals surface area contributed by atoms with Crippen LogP contribution in [0.25, 0.3) is 0 Å². The van der Waals surface area contributed by atoms with Crippen LogP contribution < -0.4 is 4.90 Å². The van der Waals surface area contributed by atoms with Crippen LogP contribution in [0.3, 0.4) is 0 Å². The highest BCUT2D eigenvalue weighted by Crippen LogP contribution is 2.42. The minimum Gasteiger partial charge on any atom is -0.342 e. The number of sulfonamides is 1.